The van der Waals surface area contributed by atoms with Gasteiger partial charge < -0.3 is 19.9 Å². The molecule has 2 heterocycles. The summed E-state index contributed by atoms with van der Waals surface area (Å²) in [7, 11) is 3.71. The smallest absolute Gasteiger partial charge is 0.272 e. The molecule has 1 aromatic carbocycles. The quantitative estimate of drug-likeness (QED) is 0.888. The zero-order valence-electron chi connectivity index (χ0n) is 14.6. The Bertz CT molecular complexity index is 712. The topological polar surface area (TPSA) is 70.6 Å². The minimum Gasteiger partial charge on any atom is -0.497 e. The predicted octanol–water partition coefficient (Wildman–Crippen LogP) is 1.48. The Hall–Kier alpha value is -2.67. The third kappa shape index (κ3) is 4.45. The molecule has 1 aliphatic rings. The van der Waals surface area contributed by atoms with Gasteiger partial charge in [0.15, 0.2) is 0 Å². The van der Waals surface area contributed by atoms with Gasteiger partial charge in [0.1, 0.15) is 23.6 Å². The maximum atomic E-state index is 12.6. The SMILES string of the molecule is COc1ccc(CNc2cc(C(=O)N3CCN(C)CC3)ncn2)cc1. The van der Waals surface area contributed by atoms with E-state index in [1.54, 1.807) is 13.2 Å². The molecular formula is C18H23N5O2. The fourth-order valence-electron chi connectivity index (χ4n) is 2.68. The van der Waals surface area contributed by atoms with Crippen molar-refractivity contribution in [2.45, 2.75) is 6.54 Å². The number of rotatable bonds is 5. The van der Waals surface area contributed by atoms with Crippen LogP contribution in [0.4, 0.5) is 5.82 Å². The van der Waals surface area contributed by atoms with Crippen molar-refractivity contribution in [3.05, 3.63) is 47.9 Å². The van der Waals surface area contributed by atoms with Crippen LogP contribution in [0.25, 0.3) is 0 Å². The molecule has 0 spiro atoms. The van der Waals surface area contributed by atoms with Crippen molar-refractivity contribution in [2.24, 2.45) is 0 Å². The van der Waals surface area contributed by atoms with Gasteiger partial charge in [0, 0.05) is 38.8 Å². The second kappa shape index (κ2) is 7.94. The maximum Gasteiger partial charge on any atom is 0.272 e. The number of hydrogen-bond acceptors (Lipinski definition) is 6. The highest BCUT2D eigenvalue weighted by atomic mass is 16.5. The lowest BCUT2D eigenvalue weighted by molar-refractivity contribution is 0.0658. The number of hydrogen-bond donors (Lipinski definition) is 1. The first-order chi connectivity index (χ1) is 12.2. The Labute approximate surface area is 147 Å². The Morgan fingerprint density at radius 1 is 1.16 bits per heavy atom. The number of likely N-dealkylation sites (N-methyl/N-ethyl adjacent to an activating group) is 1. The normalized spacial score (nSPS) is 15.0. The van der Waals surface area contributed by atoms with Gasteiger partial charge in [-0.2, -0.15) is 0 Å². The van der Waals surface area contributed by atoms with E-state index in [9.17, 15) is 4.79 Å². The van der Waals surface area contributed by atoms with Gasteiger partial charge in [0.2, 0.25) is 0 Å². The minimum absolute atomic E-state index is 0.0389. The van der Waals surface area contributed by atoms with Crippen LogP contribution in [0, 0.1) is 0 Å². The van der Waals surface area contributed by atoms with Crippen LogP contribution < -0.4 is 10.1 Å². The molecule has 3 rings (SSSR count). The molecule has 25 heavy (non-hydrogen) atoms. The Morgan fingerprint density at radius 3 is 2.56 bits per heavy atom. The number of benzene rings is 1. The minimum atomic E-state index is -0.0389. The number of carbonyl (C=O) groups is 1. The van der Waals surface area contributed by atoms with Gasteiger partial charge in [-0.05, 0) is 24.7 Å². The van der Waals surface area contributed by atoms with Crippen LogP contribution in [0.5, 0.6) is 5.75 Å². The second-order valence-corrected chi connectivity index (χ2v) is 6.09. The van der Waals surface area contributed by atoms with Crippen LogP contribution in [-0.2, 0) is 6.54 Å². The summed E-state index contributed by atoms with van der Waals surface area (Å²) in [6.07, 6.45) is 1.43. The van der Waals surface area contributed by atoms with Crippen LogP contribution >= 0.6 is 0 Å². The van der Waals surface area contributed by atoms with Crippen molar-refractivity contribution < 1.29 is 9.53 Å². The monoisotopic (exact) mass is 341 g/mol. The average molecular weight is 341 g/mol. The number of ether oxygens (including phenoxy) is 1. The fourth-order valence-corrected chi connectivity index (χ4v) is 2.68. The Morgan fingerprint density at radius 2 is 1.88 bits per heavy atom. The van der Waals surface area contributed by atoms with Gasteiger partial charge in [-0.25, -0.2) is 9.97 Å². The second-order valence-electron chi connectivity index (χ2n) is 6.09. The van der Waals surface area contributed by atoms with Crippen LogP contribution in [0.15, 0.2) is 36.7 Å². The van der Waals surface area contributed by atoms with Crippen molar-refractivity contribution in [3.8, 4) is 5.75 Å². The molecule has 7 nitrogen and oxygen atoms in total. The summed E-state index contributed by atoms with van der Waals surface area (Å²) in [5, 5.41) is 3.23. The highest BCUT2D eigenvalue weighted by molar-refractivity contribution is 5.93. The highest BCUT2D eigenvalue weighted by Gasteiger charge is 2.21. The summed E-state index contributed by atoms with van der Waals surface area (Å²) >= 11 is 0. The molecule has 0 unspecified atom stereocenters. The van der Waals surface area contributed by atoms with Crippen LogP contribution in [0.3, 0.4) is 0 Å². The number of nitrogens with zero attached hydrogens (tertiary/aromatic N) is 4. The Kier molecular flexibility index (Phi) is 5.45. The first-order valence-corrected chi connectivity index (χ1v) is 8.32. The van der Waals surface area contributed by atoms with Crippen LogP contribution in [0.2, 0.25) is 0 Å². The van der Waals surface area contributed by atoms with Crippen molar-refractivity contribution >= 4 is 11.7 Å². The number of aromatic nitrogens is 2. The fraction of sp³-hybridized carbons (Fsp3) is 0.389. The van der Waals surface area contributed by atoms with Gasteiger partial charge in [-0.15, -0.1) is 0 Å². The molecule has 0 radical (unpaired) electrons. The van der Waals surface area contributed by atoms with Crippen molar-refractivity contribution in [1.82, 2.24) is 19.8 Å². The van der Waals surface area contributed by atoms with Crippen LogP contribution in [0.1, 0.15) is 16.1 Å². The number of nitrogens with one attached hydrogen (secondary N) is 1. The van der Waals surface area contributed by atoms with Gasteiger partial charge in [-0.3, -0.25) is 4.79 Å². The summed E-state index contributed by atoms with van der Waals surface area (Å²) in [5.74, 6) is 1.43. The zero-order chi connectivity index (χ0) is 17.6. The summed E-state index contributed by atoms with van der Waals surface area (Å²) in [5.41, 5.74) is 1.53. The standard InChI is InChI=1S/C18H23N5O2/c1-22-7-9-23(10-8-22)18(24)16-11-17(21-13-20-16)19-12-14-3-5-15(25-2)6-4-14/h3-6,11,13H,7-10,12H2,1-2H3,(H,19,20,21). The van der Waals surface area contributed by atoms with Crippen molar-refractivity contribution in [3.63, 3.8) is 0 Å². The third-order valence-corrected chi connectivity index (χ3v) is 4.31. The molecule has 0 atom stereocenters. The van der Waals surface area contributed by atoms with Gasteiger partial charge in [-0.1, -0.05) is 12.1 Å². The summed E-state index contributed by atoms with van der Waals surface area (Å²) in [6, 6.07) is 9.52. The van der Waals surface area contributed by atoms with Crippen molar-refractivity contribution in [2.75, 3.05) is 45.7 Å². The number of anilines is 1. The molecule has 0 saturated carbocycles. The molecule has 1 fully saturated rings. The Balaban J connectivity index is 1.61. The van der Waals surface area contributed by atoms with E-state index < -0.39 is 0 Å². The number of carbonyl (C=O) groups excluding carboxylic acids is 1. The molecule has 1 amide bonds. The van der Waals surface area contributed by atoms with Gasteiger partial charge in [0.25, 0.3) is 5.91 Å². The first kappa shape index (κ1) is 17.2. The van der Waals surface area contributed by atoms with E-state index in [-0.39, 0.29) is 5.91 Å². The molecule has 132 valence electrons. The van der Waals surface area contributed by atoms with E-state index in [0.29, 0.717) is 18.1 Å². The average Bonchev–Trinajstić information content (AvgIpc) is 2.67. The summed E-state index contributed by atoms with van der Waals surface area (Å²) in [4.78, 5) is 25.0. The molecule has 2 aromatic rings. The molecule has 0 aliphatic carbocycles. The predicted molar refractivity (Wildman–Crippen MR) is 95.8 cm³/mol. The van der Waals surface area contributed by atoms with E-state index in [1.807, 2.05) is 29.2 Å². The molecule has 1 aromatic heterocycles. The summed E-state index contributed by atoms with van der Waals surface area (Å²) < 4.78 is 5.15. The molecule has 0 bridgehead atoms. The lowest BCUT2D eigenvalue weighted by Gasteiger charge is -2.32. The first-order valence-electron chi connectivity index (χ1n) is 8.32. The maximum absolute atomic E-state index is 12.6. The van der Waals surface area contributed by atoms with Crippen molar-refractivity contribution in [1.29, 1.82) is 0 Å². The van der Waals surface area contributed by atoms with Gasteiger partial charge >= 0.3 is 0 Å². The number of piperazine rings is 1. The van der Waals surface area contributed by atoms with E-state index >= 15 is 0 Å². The lowest BCUT2D eigenvalue weighted by atomic mass is 10.2. The van der Waals surface area contributed by atoms with E-state index in [0.717, 1.165) is 37.5 Å². The summed E-state index contributed by atoms with van der Waals surface area (Å²) in [6.45, 7) is 3.85. The largest absolute Gasteiger partial charge is 0.497 e. The zero-order valence-corrected chi connectivity index (χ0v) is 14.6. The molecule has 1 saturated heterocycles. The molecule has 1 N–H and O–H groups in total. The van der Waals surface area contributed by atoms with Gasteiger partial charge in [0.05, 0.1) is 7.11 Å². The van der Waals surface area contributed by atoms with E-state index in [2.05, 4.69) is 27.2 Å². The third-order valence-electron chi connectivity index (χ3n) is 4.31. The molecule has 1 aliphatic heterocycles. The lowest BCUT2D eigenvalue weighted by Crippen LogP contribution is -2.47. The number of methoxy groups -OCH3 is 1. The highest BCUT2D eigenvalue weighted by Crippen LogP contribution is 2.14. The molecular weight excluding hydrogens is 318 g/mol. The van der Waals surface area contributed by atoms with E-state index in [1.165, 1.54) is 6.33 Å². The van der Waals surface area contributed by atoms with E-state index in [4.69, 9.17) is 4.74 Å². The number of amides is 1. The van der Waals surface area contributed by atoms with Crippen LogP contribution in [-0.4, -0.2) is 66.0 Å². The molecule has 7 heteroatoms.